The number of hydrazone groups is 1. The molecule has 1 N–H and O–H groups in total. The van der Waals surface area contributed by atoms with E-state index in [1.165, 1.54) is 24.4 Å². The van der Waals surface area contributed by atoms with E-state index in [-0.39, 0.29) is 16.5 Å². The van der Waals surface area contributed by atoms with Crippen LogP contribution in [0.25, 0.3) is 0 Å². The number of nitrogens with one attached hydrogen (secondary N) is 1. The Kier molecular flexibility index (Phi) is 3.26. The summed E-state index contributed by atoms with van der Waals surface area (Å²) < 4.78 is 40.0. The van der Waals surface area contributed by atoms with Gasteiger partial charge in [0.2, 0.25) is 0 Å². The zero-order valence-corrected chi connectivity index (χ0v) is 11.5. The lowest BCUT2D eigenvalue weighted by atomic mass is 10.2. The van der Waals surface area contributed by atoms with Gasteiger partial charge in [0, 0.05) is 5.56 Å². The molecular weight excluding hydrogens is 293 g/mol. The molecule has 1 heterocycles. The van der Waals surface area contributed by atoms with E-state index in [1.807, 2.05) is 0 Å². The molecule has 0 aliphatic carbocycles. The van der Waals surface area contributed by atoms with Gasteiger partial charge in [0.1, 0.15) is 10.7 Å². The molecule has 0 fully saturated rings. The highest BCUT2D eigenvalue weighted by Gasteiger charge is 2.28. The third-order valence-electron chi connectivity index (χ3n) is 2.89. The number of sulfonamides is 1. The monoisotopic (exact) mass is 303 g/mol. The lowest BCUT2D eigenvalue weighted by Gasteiger charge is -2.00. The minimum Gasteiger partial charge on any atom is -0.260 e. The van der Waals surface area contributed by atoms with Crippen molar-refractivity contribution in [1.82, 2.24) is 5.43 Å². The largest absolute Gasteiger partial charge is 0.285 e. The molecule has 0 saturated carbocycles. The molecule has 0 spiro atoms. The molecule has 0 aromatic heterocycles. The molecule has 0 amide bonds. The Labute approximate surface area is 120 Å². The van der Waals surface area contributed by atoms with E-state index in [0.29, 0.717) is 11.1 Å². The van der Waals surface area contributed by atoms with Gasteiger partial charge >= 0.3 is 0 Å². The fourth-order valence-corrected chi connectivity index (χ4v) is 3.07. The summed E-state index contributed by atoms with van der Waals surface area (Å²) in [6.07, 6.45) is 1.45. The summed E-state index contributed by atoms with van der Waals surface area (Å²) in [7, 11) is -3.65. The van der Waals surface area contributed by atoms with Crippen molar-refractivity contribution in [2.24, 2.45) is 9.50 Å². The first-order chi connectivity index (χ1) is 10.1. The maximum atomic E-state index is 12.8. The number of hydrogen-bond acceptors (Lipinski definition) is 4. The smallest absolute Gasteiger partial charge is 0.260 e. The van der Waals surface area contributed by atoms with Gasteiger partial charge in [0.15, 0.2) is 5.84 Å². The van der Waals surface area contributed by atoms with E-state index in [1.54, 1.807) is 30.3 Å². The van der Waals surface area contributed by atoms with Gasteiger partial charge in [-0.3, -0.25) is 5.43 Å². The number of benzene rings is 2. The highest BCUT2D eigenvalue weighted by Crippen LogP contribution is 2.24. The first kappa shape index (κ1) is 13.4. The highest BCUT2D eigenvalue weighted by atomic mass is 32.2. The van der Waals surface area contributed by atoms with Crippen molar-refractivity contribution >= 4 is 22.1 Å². The second kappa shape index (κ2) is 5.10. The van der Waals surface area contributed by atoms with Crippen molar-refractivity contribution in [1.29, 1.82) is 0 Å². The molecular formula is C14H10FN3O2S. The first-order valence-corrected chi connectivity index (χ1v) is 7.49. The van der Waals surface area contributed by atoms with Crippen molar-refractivity contribution in [3.63, 3.8) is 0 Å². The van der Waals surface area contributed by atoms with Gasteiger partial charge in [-0.15, -0.1) is 4.40 Å². The predicted octanol–water partition coefficient (Wildman–Crippen LogP) is 1.90. The number of fused-ring (bicyclic) bond motifs is 1. The third kappa shape index (κ3) is 2.68. The van der Waals surface area contributed by atoms with Crippen LogP contribution in [-0.4, -0.2) is 20.5 Å². The Balaban J connectivity index is 1.82. The molecule has 1 aliphatic rings. The van der Waals surface area contributed by atoms with Gasteiger partial charge in [0.05, 0.1) is 6.21 Å². The van der Waals surface area contributed by atoms with E-state index in [2.05, 4.69) is 14.9 Å². The molecule has 0 atom stereocenters. The van der Waals surface area contributed by atoms with Gasteiger partial charge in [0.25, 0.3) is 10.0 Å². The van der Waals surface area contributed by atoms with E-state index in [9.17, 15) is 12.8 Å². The third-order valence-corrected chi connectivity index (χ3v) is 4.22. The maximum Gasteiger partial charge on any atom is 0.285 e. The van der Waals surface area contributed by atoms with Gasteiger partial charge in [-0.2, -0.15) is 13.5 Å². The molecule has 0 bridgehead atoms. The molecule has 7 heteroatoms. The Morgan fingerprint density at radius 2 is 1.81 bits per heavy atom. The molecule has 5 nitrogen and oxygen atoms in total. The van der Waals surface area contributed by atoms with Crippen LogP contribution in [0.5, 0.6) is 0 Å². The molecule has 0 saturated heterocycles. The molecule has 106 valence electrons. The van der Waals surface area contributed by atoms with Crippen molar-refractivity contribution in [3.05, 3.63) is 65.5 Å². The average Bonchev–Trinajstić information content (AvgIpc) is 2.73. The van der Waals surface area contributed by atoms with Crippen LogP contribution in [-0.2, 0) is 10.0 Å². The second-order valence-electron chi connectivity index (χ2n) is 4.33. The summed E-state index contributed by atoms with van der Waals surface area (Å²) >= 11 is 0. The fraction of sp³-hybridized carbons (Fsp3) is 0. The molecule has 3 rings (SSSR count). The Hall–Kier alpha value is -2.54. The number of amidine groups is 1. The predicted molar refractivity (Wildman–Crippen MR) is 77.3 cm³/mol. The van der Waals surface area contributed by atoms with Crippen molar-refractivity contribution < 1.29 is 12.8 Å². The summed E-state index contributed by atoms with van der Waals surface area (Å²) in [4.78, 5) is 0.157. The number of halogens is 1. The normalized spacial score (nSPS) is 15.8. The first-order valence-electron chi connectivity index (χ1n) is 6.05. The molecule has 21 heavy (non-hydrogen) atoms. The van der Waals surface area contributed by atoms with Crippen molar-refractivity contribution in [2.45, 2.75) is 4.90 Å². The zero-order valence-electron chi connectivity index (χ0n) is 10.7. The maximum absolute atomic E-state index is 12.8. The fourth-order valence-electron chi connectivity index (χ4n) is 1.90. The summed E-state index contributed by atoms with van der Waals surface area (Å²) in [6.45, 7) is 0. The Morgan fingerprint density at radius 3 is 2.57 bits per heavy atom. The van der Waals surface area contributed by atoms with E-state index >= 15 is 0 Å². The van der Waals surface area contributed by atoms with Crippen LogP contribution in [0.4, 0.5) is 4.39 Å². The summed E-state index contributed by atoms with van der Waals surface area (Å²) in [5, 5.41) is 3.93. The van der Waals surface area contributed by atoms with E-state index < -0.39 is 10.0 Å². The van der Waals surface area contributed by atoms with Crippen LogP contribution < -0.4 is 5.43 Å². The Morgan fingerprint density at radius 1 is 1.10 bits per heavy atom. The van der Waals surface area contributed by atoms with Crippen molar-refractivity contribution in [2.75, 3.05) is 0 Å². The minimum absolute atomic E-state index is 0.157. The van der Waals surface area contributed by atoms with Crippen molar-refractivity contribution in [3.8, 4) is 0 Å². The second-order valence-corrected chi connectivity index (χ2v) is 5.91. The minimum atomic E-state index is -3.65. The molecule has 1 aliphatic heterocycles. The standard InChI is InChI=1S/C14H10FN3O2S/c15-11-7-5-10(6-8-11)9-16-17-14-12-3-1-2-4-13(12)21(19,20)18-14/h1-9H,(H,17,18)/b16-9+. The zero-order chi connectivity index (χ0) is 14.9. The lowest BCUT2D eigenvalue weighted by molar-refractivity contribution is 0.599. The van der Waals surface area contributed by atoms with Crippen LogP contribution >= 0.6 is 0 Å². The van der Waals surface area contributed by atoms with Gasteiger partial charge in [-0.1, -0.05) is 24.3 Å². The van der Waals surface area contributed by atoms with E-state index in [4.69, 9.17) is 0 Å². The van der Waals surface area contributed by atoms with Gasteiger partial charge in [-0.25, -0.2) is 4.39 Å². The van der Waals surface area contributed by atoms with Crippen LogP contribution in [0.3, 0.4) is 0 Å². The van der Waals surface area contributed by atoms with Gasteiger partial charge < -0.3 is 0 Å². The molecule has 0 unspecified atom stereocenters. The quantitative estimate of drug-likeness (QED) is 0.680. The number of nitrogens with zero attached hydrogens (tertiary/aromatic N) is 2. The molecule has 2 aromatic rings. The summed E-state index contributed by atoms with van der Waals surface area (Å²) in [5.74, 6) is -0.163. The number of hydrogen-bond donors (Lipinski definition) is 1. The van der Waals surface area contributed by atoms with Gasteiger partial charge in [-0.05, 0) is 29.8 Å². The summed E-state index contributed by atoms with van der Waals surface area (Å²) in [6, 6.07) is 12.2. The average molecular weight is 303 g/mol. The topological polar surface area (TPSA) is 70.9 Å². The molecule has 0 radical (unpaired) electrons. The SMILES string of the molecule is O=S1(=O)N=C(N/N=C/c2ccc(F)cc2)c2ccccc21. The summed E-state index contributed by atoms with van der Waals surface area (Å²) in [5.41, 5.74) is 3.76. The lowest BCUT2D eigenvalue weighted by Crippen LogP contribution is -2.17. The molecule has 2 aromatic carbocycles. The van der Waals surface area contributed by atoms with Crippen LogP contribution in [0, 0.1) is 5.82 Å². The van der Waals surface area contributed by atoms with Crippen LogP contribution in [0.2, 0.25) is 0 Å². The highest BCUT2D eigenvalue weighted by molar-refractivity contribution is 7.90. The number of rotatable bonds is 2. The van der Waals surface area contributed by atoms with E-state index in [0.717, 1.165) is 0 Å². The Bertz CT molecular complexity index is 843. The van der Waals surface area contributed by atoms with Crippen LogP contribution in [0.1, 0.15) is 11.1 Å². The van der Waals surface area contributed by atoms with Crippen LogP contribution in [0.15, 0.2) is 62.9 Å².